The fourth-order valence-corrected chi connectivity index (χ4v) is 4.98. The summed E-state index contributed by atoms with van der Waals surface area (Å²) in [6, 6.07) is 16.9. The van der Waals surface area contributed by atoms with E-state index in [1.165, 1.54) is 4.31 Å². The lowest BCUT2D eigenvalue weighted by molar-refractivity contribution is -0.0149. The highest BCUT2D eigenvalue weighted by Crippen LogP contribution is 2.15. The second-order valence-electron chi connectivity index (χ2n) is 9.01. The van der Waals surface area contributed by atoms with Crippen molar-refractivity contribution in [1.82, 2.24) is 14.5 Å². The molecule has 0 aliphatic carbocycles. The molecule has 8 heteroatoms. The summed E-state index contributed by atoms with van der Waals surface area (Å²) in [6.07, 6.45) is 0. The number of nitrogens with one attached hydrogen (secondary N) is 1. The van der Waals surface area contributed by atoms with Crippen LogP contribution in [0.15, 0.2) is 54.6 Å². The van der Waals surface area contributed by atoms with E-state index in [9.17, 15) is 13.2 Å². The standard InChI is InChI=1S/C24H33N3O4S/c1-24(2,3)31-18-22-11-7-10-21(16-22)17-25-23(28)26-12-14-27(15-13-26)32(29,30)19-20-8-5-4-6-9-20/h4-11,16H,12-15,17-19H2,1-3H3,(H,25,28). The van der Waals surface area contributed by atoms with Gasteiger partial charge in [-0.15, -0.1) is 0 Å². The molecule has 0 aromatic heterocycles. The highest BCUT2D eigenvalue weighted by atomic mass is 32.2. The van der Waals surface area contributed by atoms with Crippen molar-refractivity contribution in [2.45, 2.75) is 45.3 Å². The number of carbonyl (C=O) groups excluding carboxylic acids is 1. The van der Waals surface area contributed by atoms with E-state index in [-0.39, 0.29) is 17.4 Å². The molecule has 2 amide bonds. The number of amides is 2. The first kappa shape index (κ1) is 24.2. The van der Waals surface area contributed by atoms with Crippen LogP contribution in [-0.2, 0) is 33.7 Å². The van der Waals surface area contributed by atoms with Gasteiger partial charge in [0.25, 0.3) is 0 Å². The van der Waals surface area contributed by atoms with Crippen molar-refractivity contribution in [3.8, 4) is 0 Å². The first-order valence-corrected chi connectivity index (χ1v) is 12.5. The third-order valence-corrected chi connectivity index (χ3v) is 7.07. The molecule has 1 saturated heterocycles. The molecule has 0 saturated carbocycles. The summed E-state index contributed by atoms with van der Waals surface area (Å²) in [4.78, 5) is 14.3. The average Bonchev–Trinajstić information content (AvgIpc) is 2.76. The summed E-state index contributed by atoms with van der Waals surface area (Å²) in [6.45, 7) is 8.35. The van der Waals surface area contributed by atoms with Gasteiger partial charge in [0.05, 0.1) is 18.0 Å². The molecule has 1 heterocycles. The van der Waals surface area contributed by atoms with Crippen molar-refractivity contribution in [3.05, 3.63) is 71.3 Å². The normalized spacial score (nSPS) is 15.5. The Morgan fingerprint density at radius 2 is 1.56 bits per heavy atom. The van der Waals surface area contributed by atoms with Crippen LogP contribution in [0, 0.1) is 0 Å². The van der Waals surface area contributed by atoms with Crippen molar-refractivity contribution >= 4 is 16.1 Å². The van der Waals surface area contributed by atoms with Gasteiger partial charge in [-0.2, -0.15) is 4.31 Å². The van der Waals surface area contributed by atoms with Crippen LogP contribution in [0.2, 0.25) is 0 Å². The molecule has 1 fully saturated rings. The highest BCUT2D eigenvalue weighted by Gasteiger charge is 2.28. The van der Waals surface area contributed by atoms with Crippen molar-refractivity contribution < 1.29 is 17.9 Å². The summed E-state index contributed by atoms with van der Waals surface area (Å²) in [7, 11) is -3.40. The minimum Gasteiger partial charge on any atom is -0.371 e. The van der Waals surface area contributed by atoms with Gasteiger partial charge in [-0.1, -0.05) is 54.6 Å². The lowest BCUT2D eigenvalue weighted by atomic mass is 10.1. The molecule has 2 aromatic rings. The second kappa shape index (κ2) is 10.5. The number of sulfonamides is 1. The molecule has 7 nitrogen and oxygen atoms in total. The average molecular weight is 460 g/mol. The van der Waals surface area contributed by atoms with E-state index in [4.69, 9.17) is 4.74 Å². The number of carbonyl (C=O) groups is 1. The molecule has 0 spiro atoms. The zero-order valence-electron chi connectivity index (χ0n) is 19.1. The summed E-state index contributed by atoms with van der Waals surface area (Å²) >= 11 is 0. The lowest BCUT2D eigenvalue weighted by Crippen LogP contribution is -2.53. The molecule has 32 heavy (non-hydrogen) atoms. The molecule has 3 rings (SSSR count). The monoisotopic (exact) mass is 459 g/mol. The number of ether oxygens (including phenoxy) is 1. The number of rotatable bonds is 7. The topological polar surface area (TPSA) is 79.0 Å². The van der Waals surface area contributed by atoms with E-state index in [2.05, 4.69) is 5.32 Å². The lowest BCUT2D eigenvalue weighted by Gasteiger charge is -2.34. The van der Waals surface area contributed by atoms with Crippen LogP contribution in [0.5, 0.6) is 0 Å². The Hall–Kier alpha value is -2.42. The maximum atomic E-state index is 12.7. The Bertz CT molecular complexity index is 995. The van der Waals surface area contributed by atoms with Gasteiger partial charge in [0.2, 0.25) is 10.0 Å². The van der Waals surface area contributed by atoms with E-state index < -0.39 is 10.0 Å². The molecule has 1 aliphatic rings. The summed E-state index contributed by atoms with van der Waals surface area (Å²) in [5.74, 6) is -0.0185. The van der Waals surface area contributed by atoms with Crippen LogP contribution in [0.1, 0.15) is 37.5 Å². The van der Waals surface area contributed by atoms with Gasteiger partial charge in [0.1, 0.15) is 0 Å². The second-order valence-corrected chi connectivity index (χ2v) is 11.0. The number of piperazine rings is 1. The molecule has 174 valence electrons. The van der Waals surface area contributed by atoms with Crippen molar-refractivity contribution in [2.24, 2.45) is 0 Å². The third kappa shape index (κ3) is 7.32. The Morgan fingerprint density at radius 1 is 0.938 bits per heavy atom. The van der Waals surface area contributed by atoms with Gasteiger partial charge < -0.3 is 15.0 Å². The Kier molecular flexibility index (Phi) is 7.92. The van der Waals surface area contributed by atoms with Crippen molar-refractivity contribution in [3.63, 3.8) is 0 Å². The molecular formula is C24H33N3O4S. The maximum Gasteiger partial charge on any atom is 0.317 e. The maximum absolute atomic E-state index is 12.7. The van der Waals surface area contributed by atoms with Gasteiger partial charge in [-0.25, -0.2) is 13.2 Å². The van der Waals surface area contributed by atoms with Crippen LogP contribution in [0.3, 0.4) is 0 Å². The molecule has 0 unspecified atom stereocenters. The van der Waals surface area contributed by atoms with Gasteiger partial charge in [0, 0.05) is 32.7 Å². The molecule has 0 radical (unpaired) electrons. The number of nitrogens with zero attached hydrogens (tertiary/aromatic N) is 2. The third-order valence-electron chi connectivity index (χ3n) is 5.22. The van der Waals surface area contributed by atoms with Gasteiger partial charge >= 0.3 is 6.03 Å². The molecule has 1 N–H and O–H groups in total. The highest BCUT2D eigenvalue weighted by molar-refractivity contribution is 7.88. The Morgan fingerprint density at radius 3 is 2.22 bits per heavy atom. The Balaban J connectivity index is 1.47. The Labute approximate surface area is 191 Å². The van der Waals surface area contributed by atoms with E-state index in [1.807, 2.05) is 75.4 Å². The van der Waals surface area contributed by atoms with Crippen molar-refractivity contribution in [1.29, 1.82) is 0 Å². The minimum absolute atomic E-state index is 0.0185. The minimum atomic E-state index is -3.40. The fraction of sp³-hybridized carbons (Fsp3) is 0.458. The number of hydrogen-bond donors (Lipinski definition) is 1. The number of benzene rings is 2. The van der Waals surface area contributed by atoms with Crippen LogP contribution in [-0.4, -0.2) is 55.4 Å². The first-order chi connectivity index (χ1) is 15.1. The summed E-state index contributed by atoms with van der Waals surface area (Å²) in [5.41, 5.74) is 2.62. The van der Waals surface area contributed by atoms with E-state index >= 15 is 0 Å². The predicted octanol–water partition coefficient (Wildman–Crippen LogP) is 3.36. The zero-order chi connectivity index (χ0) is 23.2. The number of urea groups is 1. The van der Waals surface area contributed by atoms with Gasteiger partial charge in [0.15, 0.2) is 0 Å². The predicted molar refractivity (Wildman–Crippen MR) is 125 cm³/mol. The smallest absolute Gasteiger partial charge is 0.317 e. The van der Waals surface area contributed by atoms with Crippen LogP contribution >= 0.6 is 0 Å². The summed E-state index contributed by atoms with van der Waals surface area (Å²) in [5, 5.41) is 2.94. The fourth-order valence-electron chi connectivity index (χ4n) is 3.46. The van der Waals surface area contributed by atoms with Gasteiger partial charge in [-0.3, -0.25) is 0 Å². The molecule has 0 atom stereocenters. The zero-order valence-corrected chi connectivity index (χ0v) is 19.9. The molecule has 2 aromatic carbocycles. The van der Waals surface area contributed by atoms with Gasteiger partial charge in [-0.05, 0) is 37.5 Å². The van der Waals surface area contributed by atoms with Crippen LogP contribution < -0.4 is 5.32 Å². The van der Waals surface area contributed by atoms with Crippen molar-refractivity contribution in [2.75, 3.05) is 26.2 Å². The van der Waals surface area contributed by atoms with E-state index in [0.29, 0.717) is 39.3 Å². The van der Waals surface area contributed by atoms with E-state index in [0.717, 1.165) is 16.7 Å². The largest absolute Gasteiger partial charge is 0.371 e. The molecule has 1 aliphatic heterocycles. The SMILES string of the molecule is CC(C)(C)OCc1cccc(CNC(=O)N2CCN(S(=O)(=O)Cc3ccccc3)CC2)c1. The van der Waals surface area contributed by atoms with Crippen LogP contribution in [0.4, 0.5) is 4.79 Å². The quantitative estimate of drug-likeness (QED) is 0.689. The van der Waals surface area contributed by atoms with Crippen LogP contribution in [0.25, 0.3) is 0 Å². The summed E-state index contributed by atoms with van der Waals surface area (Å²) < 4.78 is 32.7. The van der Waals surface area contributed by atoms with E-state index in [1.54, 1.807) is 4.90 Å². The molecule has 0 bridgehead atoms. The number of hydrogen-bond acceptors (Lipinski definition) is 4. The molecular weight excluding hydrogens is 426 g/mol. The first-order valence-electron chi connectivity index (χ1n) is 10.9.